The van der Waals surface area contributed by atoms with Crippen molar-refractivity contribution >= 4 is 11.6 Å². The number of aliphatic hydroxyl groups excluding tert-OH is 1. The molecule has 2 aromatic rings. The Morgan fingerprint density at radius 3 is 3.00 bits per heavy atom. The van der Waals surface area contributed by atoms with Gasteiger partial charge in [0.15, 0.2) is 5.69 Å². The van der Waals surface area contributed by atoms with Crippen molar-refractivity contribution in [1.29, 1.82) is 0 Å². The van der Waals surface area contributed by atoms with E-state index in [0.717, 1.165) is 11.1 Å². The molecule has 0 aliphatic carbocycles. The van der Waals surface area contributed by atoms with Crippen LogP contribution in [0.15, 0.2) is 35.1 Å². The lowest BCUT2D eigenvalue weighted by molar-refractivity contribution is 0.101. The van der Waals surface area contributed by atoms with Gasteiger partial charge in [-0.15, -0.1) is 0 Å². The minimum atomic E-state index is -0.348. The number of carbonyl (C=O) groups is 1. The lowest BCUT2D eigenvalue weighted by Gasteiger charge is -2.05. The molecular formula is C14H12N2O3. The minimum absolute atomic E-state index is 0.199. The van der Waals surface area contributed by atoms with E-state index in [2.05, 4.69) is 26.8 Å². The van der Waals surface area contributed by atoms with E-state index in [4.69, 9.17) is 5.11 Å². The predicted octanol–water partition coefficient (Wildman–Crippen LogP) is 1.58. The van der Waals surface area contributed by atoms with Gasteiger partial charge in [-0.1, -0.05) is 23.1 Å². The summed E-state index contributed by atoms with van der Waals surface area (Å²) in [5, 5.41) is 14.9. The first-order chi connectivity index (χ1) is 9.20. The molecule has 1 heterocycles. The van der Waals surface area contributed by atoms with E-state index in [-0.39, 0.29) is 18.2 Å². The van der Waals surface area contributed by atoms with Gasteiger partial charge in [0.1, 0.15) is 12.9 Å². The molecule has 2 rings (SSSR count). The van der Waals surface area contributed by atoms with Crippen molar-refractivity contribution in [2.24, 2.45) is 0 Å². The highest BCUT2D eigenvalue weighted by molar-refractivity contribution is 6.02. The largest absolute Gasteiger partial charge is 0.384 e. The van der Waals surface area contributed by atoms with Gasteiger partial charge in [0.2, 0.25) is 0 Å². The second kappa shape index (κ2) is 5.85. The van der Waals surface area contributed by atoms with Crippen molar-refractivity contribution < 1.29 is 14.4 Å². The molecule has 0 radical (unpaired) electrons. The molecule has 2 N–H and O–H groups in total. The summed E-state index contributed by atoms with van der Waals surface area (Å²) in [6, 6.07) is 6.85. The molecule has 1 aromatic heterocycles. The van der Waals surface area contributed by atoms with Crippen LogP contribution in [0.4, 0.5) is 5.69 Å². The molecule has 5 nitrogen and oxygen atoms in total. The van der Waals surface area contributed by atoms with Crippen molar-refractivity contribution in [2.45, 2.75) is 6.92 Å². The summed E-state index contributed by atoms with van der Waals surface area (Å²) >= 11 is 0. The van der Waals surface area contributed by atoms with E-state index in [1.165, 1.54) is 12.3 Å². The average molecular weight is 256 g/mol. The SMILES string of the molecule is Cc1ccc(NC(=O)c2ccon2)cc1C#CCO. The number of nitrogens with one attached hydrogen (secondary N) is 1. The first-order valence-corrected chi connectivity index (χ1v) is 5.63. The Labute approximate surface area is 110 Å². The number of carbonyl (C=O) groups excluding carboxylic acids is 1. The van der Waals surface area contributed by atoms with Gasteiger partial charge in [-0.2, -0.15) is 0 Å². The fraction of sp³-hybridized carbons (Fsp3) is 0.143. The fourth-order valence-corrected chi connectivity index (χ4v) is 1.49. The average Bonchev–Trinajstić information content (AvgIpc) is 2.93. The van der Waals surface area contributed by atoms with Crippen LogP contribution in [0.2, 0.25) is 0 Å². The van der Waals surface area contributed by atoms with E-state index >= 15 is 0 Å². The lowest BCUT2D eigenvalue weighted by Crippen LogP contribution is -2.12. The third kappa shape index (κ3) is 3.21. The van der Waals surface area contributed by atoms with Gasteiger partial charge >= 0.3 is 0 Å². The number of amides is 1. The molecule has 0 fully saturated rings. The van der Waals surface area contributed by atoms with Crippen LogP contribution < -0.4 is 5.32 Å². The summed E-state index contributed by atoms with van der Waals surface area (Å²) in [5.74, 6) is 5.06. The molecule has 0 aliphatic heterocycles. The zero-order valence-electron chi connectivity index (χ0n) is 10.3. The van der Waals surface area contributed by atoms with Crippen LogP contribution in [0.25, 0.3) is 0 Å². The van der Waals surface area contributed by atoms with Crippen LogP contribution >= 0.6 is 0 Å². The molecule has 96 valence electrons. The molecule has 0 bridgehead atoms. The normalized spacial score (nSPS) is 9.58. The van der Waals surface area contributed by atoms with Crippen LogP contribution in [0.1, 0.15) is 21.6 Å². The summed E-state index contributed by atoms with van der Waals surface area (Å²) in [5.41, 5.74) is 2.55. The Balaban J connectivity index is 2.19. The van der Waals surface area contributed by atoms with Crippen molar-refractivity contribution in [2.75, 3.05) is 11.9 Å². The third-order valence-electron chi connectivity index (χ3n) is 2.47. The van der Waals surface area contributed by atoms with Gasteiger partial charge in [0.25, 0.3) is 5.91 Å². The first kappa shape index (κ1) is 12.9. The molecule has 0 saturated heterocycles. The highest BCUT2D eigenvalue weighted by Crippen LogP contribution is 2.15. The Morgan fingerprint density at radius 1 is 1.47 bits per heavy atom. The smallest absolute Gasteiger partial charge is 0.277 e. The molecular weight excluding hydrogens is 244 g/mol. The number of rotatable bonds is 2. The quantitative estimate of drug-likeness (QED) is 0.800. The fourth-order valence-electron chi connectivity index (χ4n) is 1.49. The summed E-state index contributed by atoms with van der Waals surface area (Å²) in [6.45, 7) is 1.71. The van der Waals surface area contributed by atoms with Crippen molar-refractivity contribution in [3.8, 4) is 11.8 Å². The maximum atomic E-state index is 11.8. The molecule has 0 aliphatic rings. The number of hydrogen-bond acceptors (Lipinski definition) is 4. The zero-order chi connectivity index (χ0) is 13.7. The van der Waals surface area contributed by atoms with Gasteiger partial charge in [-0.25, -0.2) is 0 Å². The van der Waals surface area contributed by atoms with Crippen molar-refractivity contribution in [3.05, 3.63) is 47.3 Å². The number of aryl methyl sites for hydroxylation is 1. The second-order valence-electron chi connectivity index (χ2n) is 3.83. The van der Waals surface area contributed by atoms with E-state index in [1.807, 2.05) is 13.0 Å². The monoisotopic (exact) mass is 256 g/mol. The Hall–Kier alpha value is -2.58. The summed E-state index contributed by atoms with van der Waals surface area (Å²) < 4.78 is 4.61. The Kier molecular flexibility index (Phi) is 3.96. The van der Waals surface area contributed by atoms with Crippen LogP contribution in [-0.4, -0.2) is 22.8 Å². The van der Waals surface area contributed by atoms with Crippen LogP contribution in [0, 0.1) is 18.8 Å². The molecule has 0 unspecified atom stereocenters. The predicted molar refractivity (Wildman–Crippen MR) is 69.6 cm³/mol. The van der Waals surface area contributed by atoms with E-state index in [0.29, 0.717) is 5.69 Å². The van der Waals surface area contributed by atoms with Crippen molar-refractivity contribution in [3.63, 3.8) is 0 Å². The zero-order valence-corrected chi connectivity index (χ0v) is 10.3. The summed E-state index contributed by atoms with van der Waals surface area (Å²) in [7, 11) is 0. The third-order valence-corrected chi connectivity index (χ3v) is 2.47. The number of anilines is 1. The van der Waals surface area contributed by atoms with Crippen molar-refractivity contribution in [1.82, 2.24) is 5.16 Å². The molecule has 1 amide bonds. The minimum Gasteiger partial charge on any atom is -0.384 e. The molecule has 19 heavy (non-hydrogen) atoms. The van der Waals surface area contributed by atoms with E-state index in [9.17, 15) is 4.79 Å². The van der Waals surface area contributed by atoms with Gasteiger partial charge in [-0.05, 0) is 24.6 Å². The van der Waals surface area contributed by atoms with Gasteiger partial charge in [-0.3, -0.25) is 4.79 Å². The Morgan fingerprint density at radius 2 is 2.32 bits per heavy atom. The molecule has 0 saturated carbocycles. The number of aromatic nitrogens is 1. The Bertz CT molecular complexity index is 636. The molecule has 1 aromatic carbocycles. The summed E-state index contributed by atoms with van der Waals surface area (Å²) in [4.78, 5) is 11.8. The number of benzene rings is 1. The standard InChI is InChI=1S/C14H12N2O3/c1-10-4-5-12(9-11(10)3-2-7-17)15-14(18)13-6-8-19-16-13/h4-6,8-9,17H,7H2,1H3,(H,15,18). The van der Waals surface area contributed by atoms with Gasteiger partial charge < -0.3 is 14.9 Å². The maximum absolute atomic E-state index is 11.8. The molecule has 5 heteroatoms. The van der Waals surface area contributed by atoms with Crippen LogP contribution in [0.5, 0.6) is 0 Å². The molecule has 0 spiro atoms. The molecule has 0 atom stereocenters. The van der Waals surface area contributed by atoms with E-state index < -0.39 is 0 Å². The highest BCUT2D eigenvalue weighted by atomic mass is 16.5. The number of nitrogens with zero attached hydrogens (tertiary/aromatic N) is 1. The lowest BCUT2D eigenvalue weighted by atomic mass is 10.1. The maximum Gasteiger partial charge on any atom is 0.277 e. The van der Waals surface area contributed by atoms with Gasteiger partial charge in [0, 0.05) is 17.3 Å². The topological polar surface area (TPSA) is 75.4 Å². The summed E-state index contributed by atoms with van der Waals surface area (Å²) in [6.07, 6.45) is 1.34. The van der Waals surface area contributed by atoms with Crippen LogP contribution in [-0.2, 0) is 0 Å². The number of hydrogen-bond donors (Lipinski definition) is 2. The van der Waals surface area contributed by atoms with Gasteiger partial charge in [0.05, 0.1) is 0 Å². The second-order valence-corrected chi connectivity index (χ2v) is 3.83. The van der Waals surface area contributed by atoms with E-state index in [1.54, 1.807) is 12.1 Å². The number of aliphatic hydroxyl groups is 1. The van der Waals surface area contributed by atoms with Crippen LogP contribution in [0.3, 0.4) is 0 Å². The first-order valence-electron chi connectivity index (χ1n) is 5.63. The highest BCUT2D eigenvalue weighted by Gasteiger charge is 2.09.